The van der Waals surface area contributed by atoms with Gasteiger partial charge in [0, 0.05) is 23.2 Å². The Morgan fingerprint density at radius 1 is 1.03 bits per heavy atom. The molecule has 146 valence electrons. The second kappa shape index (κ2) is 7.48. The lowest BCUT2D eigenvalue weighted by atomic mass is 10.1. The van der Waals surface area contributed by atoms with Crippen LogP contribution < -0.4 is 10.6 Å². The van der Waals surface area contributed by atoms with Crippen LogP contribution in [0, 0.1) is 13.8 Å². The average Bonchev–Trinajstić information content (AvgIpc) is 3.27. The fourth-order valence-corrected chi connectivity index (χ4v) is 3.88. The molecular formula is C21H18N4O3S. The van der Waals surface area contributed by atoms with Crippen LogP contribution in [0.4, 0.5) is 11.4 Å². The van der Waals surface area contributed by atoms with Crippen molar-refractivity contribution in [2.75, 3.05) is 10.6 Å². The Balaban J connectivity index is 1.73. The summed E-state index contributed by atoms with van der Waals surface area (Å²) in [5.41, 5.74) is 3.17. The lowest BCUT2D eigenvalue weighted by Gasteiger charge is -2.09. The number of rotatable bonds is 4. The quantitative estimate of drug-likeness (QED) is 0.508. The number of benzene rings is 1. The smallest absolute Gasteiger partial charge is 0.259 e. The minimum Gasteiger partial charge on any atom is -0.335 e. The molecule has 2 amide bonds. The fourth-order valence-electron chi connectivity index (χ4n) is 3.05. The van der Waals surface area contributed by atoms with Crippen LogP contribution in [0.1, 0.15) is 27.9 Å². The number of amides is 2. The molecule has 0 fully saturated rings. The predicted octanol–water partition coefficient (Wildman–Crippen LogP) is 4.78. The van der Waals surface area contributed by atoms with Gasteiger partial charge in [-0.1, -0.05) is 11.2 Å². The molecule has 0 unspecified atom stereocenters. The number of aromatic nitrogens is 2. The maximum absolute atomic E-state index is 13.1. The Labute approximate surface area is 170 Å². The van der Waals surface area contributed by atoms with Gasteiger partial charge in [-0.2, -0.15) is 0 Å². The van der Waals surface area contributed by atoms with Gasteiger partial charge in [-0.3, -0.25) is 9.59 Å². The van der Waals surface area contributed by atoms with Crippen molar-refractivity contribution in [3.8, 4) is 10.6 Å². The number of aryl methyl sites for hydroxylation is 2. The molecule has 0 bridgehead atoms. The minimum absolute atomic E-state index is 0.180. The van der Waals surface area contributed by atoms with Crippen molar-refractivity contribution in [2.45, 2.75) is 20.8 Å². The number of carbonyl (C=O) groups excluding carboxylic acids is 2. The summed E-state index contributed by atoms with van der Waals surface area (Å²) in [5, 5.41) is 10.1. The van der Waals surface area contributed by atoms with E-state index in [-0.39, 0.29) is 11.8 Å². The van der Waals surface area contributed by atoms with Crippen LogP contribution in [0.15, 0.2) is 47.0 Å². The molecule has 0 saturated heterocycles. The monoisotopic (exact) mass is 406 g/mol. The first-order chi connectivity index (χ1) is 13.9. The summed E-state index contributed by atoms with van der Waals surface area (Å²) in [7, 11) is 0. The minimum atomic E-state index is -0.307. The van der Waals surface area contributed by atoms with Crippen LogP contribution in [0.5, 0.6) is 0 Å². The van der Waals surface area contributed by atoms with Crippen LogP contribution in [0.25, 0.3) is 21.7 Å². The molecule has 2 N–H and O–H groups in total. The highest BCUT2D eigenvalue weighted by Gasteiger charge is 2.20. The van der Waals surface area contributed by atoms with Crippen molar-refractivity contribution in [1.29, 1.82) is 0 Å². The Kier molecular flexibility index (Phi) is 4.85. The summed E-state index contributed by atoms with van der Waals surface area (Å²) >= 11 is 1.59. The van der Waals surface area contributed by atoms with E-state index in [1.54, 1.807) is 48.6 Å². The lowest BCUT2D eigenvalue weighted by Crippen LogP contribution is -2.13. The van der Waals surface area contributed by atoms with Crippen LogP contribution in [0.2, 0.25) is 0 Å². The highest BCUT2D eigenvalue weighted by atomic mass is 32.1. The molecule has 0 atom stereocenters. The van der Waals surface area contributed by atoms with E-state index in [1.165, 1.54) is 6.92 Å². The van der Waals surface area contributed by atoms with Crippen molar-refractivity contribution in [2.24, 2.45) is 0 Å². The third-order valence-electron chi connectivity index (χ3n) is 4.30. The molecule has 4 aromatic rings. The number of fused-ring (bicyclic) bond motifs is 1. The van der Waals surface area contributed by atoms with Crippen molar-refractivity contribution in [3.05, 3.63) is 58.6 Å². The summed E-state index contributed by atoms with van der Waals surface area (Å²) in [6.07, 6.45) is 0. The van der Waals surface area contributed by atoms with Gasteiger partial charge in [0.15, 0.2) is 0 Å². The summed E-state index contributed by atoms with van der Waals surface area (Å²) in [6, 6.07) is 12.7. The third kappa shape index (κ3) is 3.88. The number of carbonyl (C=O) groups is 2. The predicted molar refractivity (Wildman–Crippen MR) is 113 cm³/mol. The maximum atomic E-state index is 13.1. The van der Waals surface area contributed by atoms with Gasteiger partial charge in [0.2, 0.25) is 5.91 Å². The Morgan fingerprint density at radius 2 is 1.79 bits per heavy atom. The molecule has 3 heterocycles. The third-order valence-corrected chi connectivity index (χ3v) is 5.32. The first kappa shape index (κ1) is 18.8. The van der Waals surface area contributed by atoms with Gasteiger partial charge in [-0.15, -0.1) is 11.3 Å². The van der Waals surface area contributed by atoms with Crippen LogP contribution in [-0.4, -0.2) is 22.0 Å². The van der Waals surface area contributed by atoms with Crippen molar-refractivity contribution in [3.63, 3.8) is 0 Å². The molecule has 1 aromatic carbocycles. The molecular weight excluding hydrogens is 388 g/mol. The van der Waals surface area contributed by atoms with E-state index >= 15 is 0 Å². The standard InChI is InChI=1S/C21H18N4O3S/c1-11-7-8-18(29-11)17-10-16(19-12(2)25-28-21(19)24-17)20(27)23-15-6-4-5-14(9-15)22-13(3)26/h4-10H,1-3H3,(H,22,26)(H,23,27). The van der Waals surface area contributed by atoms with E-state index in [0.29, 0.717) is 39.4 Å². The normalized spacial score (nSPS) is 10.9. The summed E-state index contributed by atoms with van der Waals surface area (Å²) < 4.78 is 5.34. The number of nitrogens with zero attached hydrogens (tertiary/aromatic N) is 2. The highest BCUT2D eigenvalue weighted by molar-refractivity contribution is 7.15. The maximum Gasteiger partial charge on any atom is 0.259 e. The fraction of sp³-hybridized carbons (Fsp3) is 0.143. The molecule has 3 aromatic heterocycles. The second-order valence-electron chi connectivity index (χ2n) is 6.63. The summed E-state index contributed by atoms with van der Waals surface area (Å²) in [4.78, 5) is 31.0. The van der Waals surface area contributed by atoms with E-state index < -0.39 is 0 Å². The number of thiophene rings is 1. The summed E-state index contributed by atoms with van der Waals surface area (Å²) in [6.45, 7) is 5.22. The van der Waals surface area contributed by atoms with Gasteiger partial charge >= 0.3 is 0 Å². The van der Waals surface area contributed by atoms with Crippen molar-refractivity contribution < 1.29 is 14.1 Å². The zero-order chi connectivity index (χ0) is 20.5. The van der Waals surface area contributed by atoms with Gasteiger partial charge in [-0.25, -0.2) is 4.98 Å². The largest absolute Gasteiger partial charge is 0.335 e. The zero-order valence-electron chi connectivity index (χ0n) is 16.1. The summed E-state index contributed by atoms with van der Waals surface area (Å²) in [5.74, 6) is -0.487. The molecule has 29 heavy (non-hydrogen) atoms. The van der Waals surface area contributed by atoms with Gasteiger partial charge < -0.3 is 15.2 Å². The highest BCUT2D eigenvalue weighted by Crippen LogP contribution is 2.31. The van der Waals surface area contributed by atoms with Gasteiger partial charge in [0.1, 0.15) is 0 Å². The van der Waals surface area contributed by atoms with E-state index in [9.17, 15) is 9.59 Å². The van der Waals surface area contributed by atoms with E-state index in [4.69, 9.17) is 4.52 Å². The molecule has 0 spiro atoms. The molecule has 0 aliphatic rings. The number of hydrogen-bond acceptors (Lipinski definition) is 6. The molecule has 4 rings (SSSR count). The first-order valence-electron chi connectivity index (χ1n) is 8.93. The molecule has 8 heteroatoms. The molecule has 0 aliphatic carbocycles. The molecule has 0 saturated carbocycles. The average molecular weight is 406 g/mol. The molecule has 0 aliphatic heterocycles. The SMILES string of the molecule is CC(=O)Nc1cccc(NC(=O)c2cc(-c3ccc(C)s3)nc3onc(C)c23)c1. The molecule has 0 radical (unpaired) electrons. The van der Waals surface area contributed by atoms with Crippen molar-refractivity contribution in [1.82, 2.24) is 10.1 Å². The van der Waals surface area contributed by atoms with Gasteiger partial charge in [-0.05, 0) is 50.2 Å². The van der Waals surface area contributed by atoms with Crippen LogP contribution in [-0.2, 0) is 4.79 Å². The second-order valence-corrected chi connectivity index (χ2v) is 7.92. The number of anilines is 2. The topological polar surface area (TPSA) is 97.1 Å². The van der Waals surface area contributed by atoms with E-state index in [2.05, 4.69) is 20.8 Å². The molecule has 7 nitrogen and oxygen atoms in total. The first-order valence-corrected chi connectivity index (χ1v) is 9.75. The number of hydrogen-bond donors (Lipinski definition) is 2. The van der Waals surface area contributed by atoms with E-state index in [0.717, 1.165) is 9.75 Å². The van der Waals surface area contributed by atoms with Crippen LogP contribution >= 0.6 is 11.3 Å². The Bertz CT molecular complexity index is 1240. The van der Waals surface area contributed by atoms with Crippen molar-refractivity contribution >= 4 is 45.6 Å². The van der Waals surface area contributed by atoms with Crippen LogP contribution in [0.3, 0.4) is 0 Å². The lowest BCUT2D eigenvalue weighted by molar-refractivity contribution is -0.114. The number of nitrogens with one attached hydrogen (secondary N) is 2. The zero-order valence-corrected chi connectivity index (χ0v) is 16.9. The van der Waals surface area contributed by atoms with Gasteiger partial charge in [0.25, 0.3) is 11.6 Å². The van der Waals surface area contributed by atoms with E-state index in [1.807, 2.05) is 19.1 Å². The Morgan fingerprint density at radius 3 is 2.48 bits per heavy atom. The number of pyridine rings is 1. The Hall–Kier alpha value is -3.52. The van der Waals surface area contributed by atoms with Gasteiger partial charge in [0.05, 0.1) is 27.2 Å².